The molecular weight excluding hydrogens is 298 g/mol. The van der Waals surface area contributed by atoms with Gasteiger partial charge in [0.15, 0.2) is 0 Å². The number of hydrogen-bond acceptors (Lipinski definition) is 0. The van der Waals surface area contributed by atoms with E-state index in [0.717, 1.165) is 11.8 Å². The Hall–Kier alpha value is -0.440. The zero-order chi connectivity index (χ0) is 13.2. The van der Waals surface area contributed by atoms with Gasteiger partial charge in [-0.3, -0.25) is 0 Å². The van der Waals surface area contributed by atoms with E-state index in [9.17, 15) is 8.78 Å². The molecule has 0 spiro atoms. The fourth-order valence-electron chi connectivity index (χ4n) is 2.96. The summed E-state index contributed by atoms with van der Waals surface area (Å²) in [6.07, 6.45) is 1.68. The predicted molar refractivity (Wildman–Crippen MR) is 74.6 cm³/mol. The lowest BCUT2D eigenvalue weighted by Crippen LogP contribution is -2.12. The lowest BCUT2D eigenvalue weighted by Gasteiger charge is -2.20. The molecule has 0 radical (unpaired) electrons. The Labute approximate surface area is 116 Å². The number of halogens is 3. The van der Waals surface area contributed by atoms with Crippen molar-refractivity contribution in [3.63, 3.8) is 0 Å². The van der Waals surface area contributed by atoms with Crippen molar-refractivity contribution < 1.29 is 8.78 Å². The van der Waals surface area contributed by atoms with Crippen LogP contribution >= 0.6 is 15.9 Å². The molecule has 0 saturated heterocycles. The molecule has 2 unspecified atom stereocenters. The van der Waals surface area contributed by atoms with Gasteiger partial charge >= 0.3 is 0 Å². The van der Waals surface area contributed by atoms with Gasteiger partial charge in [-0.2, -0.15) is 0 Å². The van der Waals surface area contributed by atoms with Crippen LogP contribution < -0.4 is 0 Å². The predicted octanol–water partition coefficient (Wildman–Crippen LogP) is 5.30. The molecule has 0 aliphatic heterocycles. The molecule has 1 aliphatic rings. The molecule has 1 fully saturated rings. The van der Waals surface area contributed by atoms with Crippen LogP contribution in [0, 0.1) is 12.8 Å². The van der Waals surface area contributed by atoms with Gasteiger partial charge in [-0.1, -0.05) is 40.2 Å². The number of benzene rings is 1. The summed E-state index contributed by atoms with van der Waals surface area (Å²) in [5, 5.41) is 0.847. The van der Waals surface area contributed by atoms with Crippen LogP contribution in [0.1, 0.15) is 42.7 Å². The number of rotatable bonds is 4. The summed E-state index contributed by atoms with van der Waals surface area (Å²) in [6.45, 7) is 2.09. The molecule has 1 aromatic carbocycles. The highest BCUT2D eigenvalue weighted by Gasteiger charge is 2.40. The van der Waals surface area contributed by atoms with Gasteiger partial charge in [0.1, 0.15) is 0 Å². The van der Waals surface area contributed by atoms with Crippen LogP contribution in [0.4, 0.5) is 8.78 Å². The van der Waals surface area contributed by atoms with E-state index < -0.39 is 5.92 Å². The standard InChI is InChI=1S/C15H19BrF2/c1-11-4-2-3-5-14(11)13(10-16)8-12-6-7-15(17,18)9-12/h2-5,12-13H,6-10H2,1H3. The lowest BCUT2D eigenvalue weighted by atomic mass is 9.87. The van der Waals surface area contributed by atoms with Gasteiger partial charge in [-0.15, -0.1) is 0 Å². The first-order valence-corrected chi connectivity index (χ1v) is 7.63. The monoisotopic (exact) mass is 316 g/mol. The molecule has 1 aliphatic carbocycles. The molecule has 0 heterocycles. The molecule has 3 heteroatoms. The van der Waals surface area contributed by atoms with Crippen LogP contribution in [0.15, 0.2) is 24.3 Å². The molecule has 0 nitrogen and oxygen atoms in total. The topological polar surface area (TPSA) is 0 Å². The summed E-state index contributed by atoms with van der Waals surface area (Å²) >= 11 is 3.54. The zero-order valence-corrected chi connectivity index (χ0v) is 12.2. The normalized spacial score (nSPS) is 24.1. The number of hydrogen-bond donors (Lipinski definition) is 0. The summed E-state index contributed by atoms with van der Waals surface area (Å²) in [7, 11) is 0. The molecule has 1 saturated carbocycles. The molecule has 18 heavy (non-hydrogen) atoms. The maximum atomic E-state index is 13.2. The molecule has 2 atom stereocenters. The van der Waals surface area contributed by atoms with E-state index in [1.807, 2.05) is 12.1 Å². The van der Waals surface area contributed by atoms with Crippen molar-refractivity contribution in [1.82, 2.24) is 0 Å². The summed E-state index contributed by atoms with van der Waals surface area (Å²) < 4.78 is 26.4. The summed E-state index contributed by atoms with van der Waals surface area (Å²) in [4.78, 5) is 0. The molecular formula is C15H19BrF2. The highest BCUT2D eigenvalue weighted by molar-refractivity contribution is 9.09. The maximum absolute atomic E-state index is 13.2. The van der Waals surface area contributed by atoms with Crippen molar-refractivity contribution >= 4 is 15.9 Å². The third-order valence-corrected chi connectivity index (χ3v) is 4.72. The molecule has 100 valence electrons. The minimum absolute atomic E-state index is 0.0699. The van der Waals surface area contributed by atoms with Gasteiger partial charge in [-0.25, -0.2) is 8.78 Å². The van der Waals surface area contributed by atoms with Crippen molar-refractivity contribution in [1.29, 1.82) is 0 Å². The fourth-order valence-corrected chi connectivity index (χ4v) is 3.58. The highest BCUT2D eigenvalue weighted by Crippen LogP contribution is 2.43. The maximum Gasteiger partial charge on any atom is 0.248 e. The largest absolute Gasteiger partial charge is 0.248 e. The summed E-state index contributed by atoms with van der Waals surface area (Å²) in [5.41, 5.74) is 2.55. The van der Waals surface area contributed by atoms with E-state index in [-0.39, 0.29) is 18.8 Å². The number of aryl methyl sites for hydroxylation is 1. The van der Waals surface area contributed by atoms with Crippen molar-refractivity contribution in [2.24, 2.45) is 5.92 Å². The number of alkyl halides is 3. The quantitative estimate of drug-likeness (QED) is 0.661. The minimum Gasteiger partial charge on any atom is -0.207 e. The van der Waals surface area contributed by atoms with E-state index in [0.29, 0.717) is 12.3 Å². The smallest absolute Gasteiger partial charge is 0.207 e. The van der Waals surface area contributed by atoms with E-state index in [1.54, 1.807) is 0 Å². The van der Waals surface area contributed by atoms with Crippen LogP contribution in [0.2, 0.25) is 0 Å². The van der Waals surface area contributed by atoms with Gasteiger partial charge in [0, 0.05) is 18.2 Å². The van der Waals surface area contributed by atoms with Crippen LogP contribution in [-0.4, -0.2) is 11.3 Å². The van der Waals surface area contributed by atoms with Crippen molar-refractivity contribution in [3.05, 3.63) is 35.4 Å². The van der Waals surface area contributed by atoms with Gasteiger partial charge in [-0.05, 0) is 42.7 Å². The fraction of sp³-hybridized carbons (Fsp3) is 0.600. The Kier molecular flexibility index (Phi) is 4.41. The average Bonchev–Trinajstić information content (AvgIpc) is 2.67. The van der Waals surface area contributed by atoms with E-state index in [2.05, 4.69) is 35.0 Å². The Balaban J connectivity index is 2.05. The molecule has 2 rings (SSSR count). The van der Waals surface area contributed by atoms with E-state index >= 15 is 0 Å². The first-order valence-electron chi connectivity index (χ1n) is 6.51. The second kappa shape index (κ2) is 5.68. The first kappa shape index (κ1) is 14.0. The van der Waals surface area contributed by atoms with Gasteiger partial charge < -0.3 is 0 Å². The Morgan fingerprint density at radius 3 is 2.67 bits per heavy atom. The summed E-state index contributed by atoms with van der Waals surface area (Å²) in [5.74, 6) is -1.90. The van der Waals surface area contributed by atoms with Gasteiger partial charge in [0.05, 0.1) is 0 Å². The third-order valence-electron chi connectivity index (χ3n) is 3.94. The first-order chi connectivity index (χ1) is 8.52. The van der Waals surface area contributed by atoms with Gasteiger partial charge in [0.25, 0.3) is 0 Å². The van der Waals surface area contributed by atoms with Crippen LogP contribution in [0.5, 0.6) is 0 Å². The van der Waals surface area contributed by atoms with E-state index in [4.69, 9.17) is 0 Å². The van der Waals surface area contributed by atoms with Gasteiger partial charge in [0.2, 0.25) is 5.92 Å². The summed E-state index contributed by atoms with van der Waals surface area (Å²) in [6, 6.07) is 8.26. The van der Waals surface area contributed by atoms with Crippen LogP contribution in [-0.2, 0) is 0 Å². The van der Waals surface area contributed by atoms with Crippen LogP contribution in [0.3, 0.4) is 0 Å². The molecule has 1 aromatic rings. The second-order valence-corrected chi connectivity index (χ2v) is 6.06. The Bertz CT molecular complexity index is 403. The SMILES string of the molecule is Cc1ccccc1C(CBr)CC1CCC(F)(F)C1. The van der Waals surface area contributed by atoms with Crippen LogP contribution in [0.25, 0.3) is 0 Å². The third kappa shape index (κ3) is 3.31. The second-order valence-electron chi connectivity index (χ2n) is 5.41. The molecule has 0 bridgehead atoms. The zero-order valence-electron chi connectivity index (χ0n) is 10.6. The van der Waals surface area contributed by atoms with E-state index in [1.165, 1.54) is 11.1 Å². The van der Waals surface area contributed by atoms with Crippen molar-refractivity contribution in [3.8, 4) is 0 Å². The lowest BCUT2D eigenvalue weighted by molar-refractivity contribution is 0.00452. The molecule has 0 amide bonds. The van der Waals surface area contributed by atoms with Crippen molar-refractivity contribution in [2.75, 3.05) is 5.33 Å². The van der Waals surface area contributed by atoms with Crippen molar-refractivity contribution in [2.45, 2.75) is 44.4 Å². The molecule has 0 N–H and O–H groups in total. The average molecular weight is 317 g/mol. The molecule has 0 aromatic heterocycles. The Morgan fingerprint density at radius 2 is 2.11 bits per heavy atom. The minimum atomic E-state index is -2.42. The highest BCUT2D eigenvalue weighted by atomic mass is 79.9. The Morgan fingerprint density at radius 1 is 1.39 bits per heavy atom.